The first-order valence-electron chi connectivity index (χ1n) is 13.4. The van der Waals surface area contributed by atoms with E-state index in [1.165, 1.54) is 7.05 Å². The van der Waals surface area contributed by atoms with Crippen LogP contribution in [0.25, 0.3) is 0 Å². The number of carbonyl (C=O) groups excluding carboxylic acids is 2. The highest BCUT2D eigenvalue weighted by Gasteiger charge is 2.32. The molecule has 2 aromatic heterocycles. The molecule has 1 aromatic carbocycles. The van der Waals surface area contributed by atoms with Crippen LogP contribution < -0.4 is 20.3 Å². The molecule has 5 rings (SSSR count). The van der Waals surface area contributed by atoms with E-state index in [-0.39, 0.29) is 26.7 Å². The van der Waals surface area contributed by atoms with E-state index in [1.54, 1.807) is 12.1 Å². The summed E-state index contributed by atoms with van der Waals surface area (Å²) in [5.41, 5.74) is 1.40. The predicted molar refractivity (Wildman–Crippen MR) is 156 cm³/mol. The van der Waals surface area contributed by atoms with Crippen LogP contribution in [0.3, 0.4) is 0 Å². The Kier molecular flexibility index (Phi) is 9.07. The molecule has 2 aliphatic rings. The third kappa shape index (κ3) is 7.18. The van der Waals surface area contributed by atoms with E-state index in [1.807, 2.05) is 6.07 Å². The van der Waals surface area contributed by atoms with Crippen LogP contribution >= 0.6 is 11.3 Å². The molecule has 0 bridgehead atoms. The van der Waals surface area contributed by atoms with Crippen LogP contribution in [-0.4, -0.2) is 86.4 Å². The van der Waals surface area contributed by atoms with Crippen LogP contribution in [-0.2, 0) is 38.2 Å². The molecular formula is C24H31N9O7S3. The maximum absolute atomic E-state index is 13.5. The van der Waals surface area contributed by atoms with Gasteiger partial charge in [0.2, 0.25) is 10.0 Å². The number of benzene rings is 1. The number of tetrazole rings is 1. The summed E-state index contributed by atoms with van der Waals surface area (Å²) in [6.07, 6.45) is 4.43. The number of amides is 2. The third-order valence-electron chi connectivity index (χ3n) is 7.07. The Labute approximate surface area is 252 Å². The molecule has 1 aliphatic carbocycles. The summed E-state index contributed by atoms with van der Waals surface area (Å²) < 4.78 is 58.3. The molecule has 1 saturated heterocycles. The van der Waals surface area contributed by atoms with Gasteiger partial charge in [0.1, 0.15) is 0 Å². The second-order valence-electron chi connectivity index (χ2n) is 10.2. The first kappa shape index (κ1) is 30.9. The fraction of sp³-hybridized carbons (Fsp3) is 0.500. The van der Waals surface area contributed by atoms with Crippen molar-refractivity contribution in [2.24, 2.45) is 13.0 Å². The number of urea groups is 1. The van der Waals surface area contributed by atoms with Gasteiger partial charge >= 0.3 is 6.03 Å². The number of hydrogen-bond acceptors (Lipinski definition) is 13. The highest BCUT2D eigenvalue weighted by molar-refractivity contribution is 7.93. The number of morpholine rings is 1. The maximum atomic E-state index is 13.5. The molecule has 1 aliphatic heterocycles. The van der Waals surface area contributed by atoms with Gasteiger partial charge in [-0.1, -0.05) is 29.3 Å². The van der Waals surface area contributed by atoms with Gasteiger partial charge in [0.25, 0.3) is 15.0 Å². The predicted octanol–water partition coefficient (Wildman–Crippen LogP) is 1.40. The van der Waals surface area contributed by atoms with E-state index < -0.39 is 37.6 Å². The van der Waals surface area contributed by atoms with E-state index in [0.717, 1.165) is 42.3 Å². The third-order valence-corrected chi connectivity index (χ3v) is 11.0. The molecule has 3 heterocycles. The zero-order chi connectivity index (χ0) is 30.8. The van der Waals surface area contributed by atoms with Crippen molar-refractivity contribution in [3.8, 4) is 0 Å². The minimum absolute atomic E-state index is 0.0445. The first-order valence-corrected chi connectivity index (χ1v) is 17.6. The molecule has 16 nitrogen and oxygen atoms in total. The maximum Gasteiger partial charge on any atom is 0.325 e. The average Bonchev–Trinajstić information content (AvgIpc) is 3.74. The number of sulfonamides is 1. The molecule has 232 valence electrons. The Bertz CT molecular complexity index is 1730. The normalized spacial score (nSPS) is 16.4. The number of nitrogens with zero attached hydrogens (tertiary/aromatic N) is 6. The zero-order valence-corrected chi connectivity index (χ0v) is 25.9. The van der Waals surface area contributed by atoms with Crippen LogP contribution in [0.5, 0.6) is 0 Å². The average molecular weight is 654 g/mol. The topological polar surface area (TPSA) is 207 Å². The van der Waals surface area contributed by atoms with Crippen molar-refractivity contribution >= 4 is 59.5 Å². The lowest BCUT2D eigenvalue weighted by molar-refractivity contribution is 0.0923. The van der Waals surface area contributed by atoms with Crippen molar-refractivity contribution in [1.82, 2.24) is 29.9 Å². The van der Waals surface area contributed by atoms with Gasteiger partial charge in [0.05, 0.1) is 37.4 Å². The molecule has 3 N–H and O–H groups in total. The SMILES string of the molecule is Cn1nnnc1S(=O)(=O)c1sc(NC(=O)Nc2ccc(N3CCOCC3)cc2C(=O)C2CCCC2)nc1CNS(C)(=O)=O. The Balaban J connectivity index is 1.41. The van der Waals surface area contributed by atoms with Gasteiger partial charge in [0, 0.05) is 37.3 Å². The number of sulfone groups is 1. The fourth-order valence-corrected chi connectivity index (χ4v) is 8.10. The molecule has 43 heavy (non-hydrogen) atoms. The van der Waals surface area contributed by atoms with Crippen LogP contribution in [0.1, 0.15) is 41.7 Å². The molecule has 2 fully saturated rings. The van der Waals surface area contributed by atoms with Gasteiger partial charge in [0.15, 0.2) is 15.1 Å². The molecule has 2 amide bonds. The van der Waals surface area contributed by atoms with Crippen molar-refractivity contribution in [3.63, 3.8) is 0 Å². The number of Topliss-reactive ketones (excluding diaryl/α,β-unsaturated/α-hetero) is 1. The fourth-order valence-electron chi connectivity index (χ4n) is 4.97. The number of aryl methyl sites for hydroxylation is 1. The summed E-state index contributed by atoms with van der Waals surface area (Å²) in [6.45, 7) is 2.06. The number of carbonyl (C=O) groups is 2. The van der Waals surface area contributed by atoms with E-state index in [4.69, 9.17) is 4.74 Å². The number of thiazole rings is 1. The Morgan fingerprint density at radius 3 is 2.47 bits per heavy atom. The zero-order valence-electron chi connectivity index (χ0n) is 23.4. The molecule has 0 unspecified atom stereocenters. The van der Waals surface area contributed by atoms with Crippen LogP contribution in [0.2, 0.25) is 0 Å². The summed E-state index contributed by atoms with van der Waals surface area (Å²) in [5, 5.41) is 15.1. The number of hydrogen-bond donors (Lipinski definition) is 3. The summed E-state index contributed by atoms with van der Waals surface area (Å²) in [7, 11) is -6.69. The second kappa shape index (κ2) is 12.6. The Morgan fingerprint density at radius 1 is 1.09 bits per heavy atom. The quantitative estimate of drug-likeness (QED) is 0.265. The lowest BCUT2D eigenvalue weighted by Gasteiger charge is -2.29. The summed E-state index contributed by atoms with van der Waals surface area (Å²) in [6, 6.07) is 4.52. The highest BCUT2D eigenvalue weighted by atomic mass is 32.2. The molecule has 1 saturated carbocycles. The molecule has 3 aromatic rings. The number of nitrogens with one attached hydrogen (secondary N) is 3. The molecule has 0 atom stereocenters. The Hall–Kier alpha value is -3.52. The van der Waals surface area contributed by atoms with Crippen LogP contribution in [0, 0.1) is 5.92 Å². The number of ketones is 1. The van der Waals surface area contributed by atoms with E-state index >= 15 is 0 Å². The highest BCUT2D eigenvalue weighted by Crippen LogP contribution is 2.34. The molecule has 19 heteroatoms. The van der Waals surface area contributed by atoms with Gasteiger partial charge < -0.3 is 15.0 Å². The molecular weight excluding hydrogens is 623 g/mol. The number of anilines is 3. The Morgan fingerprint density at radius 2 is 1.81 bits per heavy atom. The largest absolute Gasteiger partial charge is 0.378 e. The van der Waals surface area contributed by atoms with E-state index in [0.29, 0.717) is 48.9 Å². The lowest BCUT2D eigenvalue weighted by Crippen LogP contribution is -2.36. The van der Waals surface area contributed by atoms with Gasteiger partial charge in [-0.25, -0.2) is 36.0 Å². The number of ether oxygens (including phenoxy) is 1. The smallest absolute Gasteiger partial charge is 0.325 e. The van der Waals surface area contributed by atoms with Gasteiger partial charge in [-0.05, 0) is 41.5 Å². The van der Waals surface area contributed by atoms with Crippen LogP contribution in [0.4, 0.5) is 21.3 Å². The van der Waals surface area contributed by atoms with Crippen molar-refractivity contribution in [3.05, 3.63) is 29.5 Å². The summed E-state index contributed by atoms with van der Waals surface area (Å²) >= 11 is 0.615. The second-order valence-corrected chi connectivity index (χ2v) is 15.1. The van der Waals surface area contributed by atoms with Crippen LogP contribution in [0.15, 0.2) is 27.6 Å². The number of rotatable bonds is 10. The summed E-state index contributed by atoms with van der Waals surface area (Å²) in [5.74, 6) is -0.174. The summed E-state index contributed by atoms with van der Waals surface area (Å²) in [4.78, 5) is 33.0. The van der Waals surface area contributed by atoms with Crippen molar-refractivity contribution in [1.29, 1.82) is 0 Å². The first-order chi connectivity index (χ1) is 20.4. The minimum atomic E-state index is -4.32. The van der Waals surface area contributed by atoms with Crippen molar-refractivity contribution < 1.29 is 31.2 Å². The standard InChI is InChI=1S/C24H31N9O7S3/c1-32-24(29-30-31-32)43(38,39)21-19(14-25-42(2,36)37)27-23(41-21)28-22(35)26-18-8-7-16(33-9-11-40-12-10-33)13-17(18)20(34)15-5-3-4-6-15/h7-8,13,15,25H,3-6,9-12,14H2,1-2H3,(H2,26,27,28,35). The van der Waals surface area contributed by atoms with E-state index in [2.05, 4.69) is 40.8 Å². The lowest BCUT2D eigenvalue weighted by atomic mass is 9.94. The van der Waals surface area contributed by atoms with Gasteiger partial charge in [-0.2, -0.15) is 0 Å². The number of aromatic nitrogens is 5. The van der Waals surface area contributed by atoms with Gasteiger partial charge in [-0.15, -0.1) is 0 Å². The minimum Gasteiger partial charge on any atom is -0.378 e. The molecule has 0 radical (unpaired) electrons. The van der Waals surface area contributed by atoms with Gasteiger partial charge in [-0.3, -0.25) is 10.1 Å². The molecule has 0 spiro atoms. The monoisotopic (exact) mass is 653 g/mol. The van der Waals surface area contributed by atoms with Crippen molar-refractivity contribution in [2.75, 3.05) is 48.1 Å². The van der Waals surface area contributed by atoms with E-state index in [9.17, 15) is 26.4 Å². The van der Waals surface area contributed by atoms with Crippen molar-refractivity contribution in [2.45, 2.75) is 41.6 Å².